The number of aliphatic hydroxyl groups is 1. The first-order valence-corrected chi connectivity index (χ1v) is 6.42. The number of carbonyl (C=O) groups is 1. The smallest absolute Gasteiger partial charge is 0.385 e. The fourth-order valence-corrected chi connectivity index (χ4v) is 1.78. The Kier molecular flexibility index (Phi) is 4.72. The van der Waals surface area contributed by atoms with Gasteiger partial charge in [0.05, 0.1) is 7.11 Å². The molecule has 1 N–H and O–H groups in total. The molecule has 0 saturated carbocycles. The van der Waals surface area contributed by atoms with E-state index < -0.39 is 18.0 Å². The van der Waals surface area contributed by atoms with Gasteiger partial charge in [-0.3, -0.25) is 0 Å². The van der Waals surface area contributed by atoms with Crippen molar-refractivity contribution in [3.05, 3.63) is 60.2 Å². The van der Waals surface area contributed by atoms with Gasteiger partial charge < -0.3 is 14.6 Å². The lowest BCUT2D eigenvalue weighted by molar-refractivity contribution is -0.179. The van der Waals surface area contributed by atoms with Crippen LogP contribution in [0.5, 0.6) is 11.5 Å². The van der Waals surface area contributed by atoms with E-state index in [1.54, 1.807) is 6.07 Å². The Morgan fingerprint density at radius 2 is 1.59 bits per heavy atom. The number of ether oxygens (including phenoxy) is 2. The Labute approximate surface area is 125 Å². The topological polar surface area (TPSA) is 55.8 Å². The Bertz CT molecular complexity index is 626. The van der Waals surface area contributed by atoms with Gasteiger partial charge in [-0.05, 0) is 29.8 Å². The van der Waals surface area contributed by atoms with Gasteiger partial charge in [0, 0.05) is 0 Å². The zero-order valence-electron chi connectivity index (χ0n) is 11.7. The number of methoxy groups -OCH3 is 1. The van der Waals surface area contributed by atoms with E-state index >= 15 is 0 Å². The van der Waals surface area contributed by atoms with Crippen LogP contribution in [0.25, 0.3) is 0 Å². The SMILES string of the molecule is COc1ccc(OC(=O)C(F)(F)C(O)c2ccccc2)cc1. The van der Waals surface area contributed by atoms with Gasteiger partial charge in [-0.1, -0.05) is 30.3 Å². The van der Waals surface area contributed by atoms with Crippen molar-refractivity contribution >= 4 is 5.97 Å². The highest BCUT2D eigenvalue weighted by molar-refractivity contribution is 5.81. The molecule has 4 nitrogen and oxygen atoms in total. The molecule has 0 radical (unpaired) electrons. The second-order valence-electron chi connectivity index (χ2n) is 4.50. The summed E-state index contributed by atoms with van der Waals surface area (Å²) < 4.78 is 37.5. The third kappa shape index (κ3) is 3.40. The molecule has 0 bridgehead atoms. The number of benzene rings is 2. The molecular formula is C16H14F2O4. The Balaban J connectivity index is 2.12. The van der Waals surface area contributed by atoms with Crippen molar-refractivity contribution in [1.82, 2.24) is 0 Å². The minimum Gasteiger partial charge on any atom is -0.497 e. The Morgan fingerprint density at radius 1 is 1.05 bits per heavy atom. The summed E-state index contributed by atoms with van der Waals surface area (Å²) in [5, 5.41) is 9.71. The molecule has 2 aromatic carbocycles. The summed E-state index contributed by atoms with van der Waals surface area (Å²) >= 11 is 0. The van der Waals surface area contributed by atoms with Crippen LogP contribution in [-0.2, 0) is 4.79 Å². The number of hydrogen-bond donors (Lipinski definition) is 1. The lowest BCUT2D eigenvalue weighted by Crippen LogP contribution is -2.39. The summed E-state index contributed by atoms with van der Waals surface area (Å²) in [5.74, 6) is -5.46. The quantitative estimate of drug-likeness (QED) is 0.681. The maximum atomic E-state index is 14.0. The number of aliphatic hydroxyl groups excluding tert-OH is 1. The van der Waals surface area contributed by atoms with Crippen LogP contribution in [-0.4, -0.2) is 24.1 Å². The average Bonchev–Trinajstić information content (AvgIpc) is 2.55. The van der Waals surface area contributed by atoms with E-state index in [1.807, 2.05) is 0 Å². The van der Waals surface area contributed by atoms with Crippen LogP contribution < -0.4 is 9.47 Å². The Hall–Kier alpha value is -2.47. The number of carbonyl (C=O) groups excluding carboxylic acids is 1. The van der Waals surface area contributed by atoms with Crippen molar-refractivity contribution in [1.29, 1.82) is 0 Å². The number of hydrogen-bond acceptors (Lipinski definition) is 4. The first-order chi connectivity index (χ1) is 10.4. The molecule has 22 heavy (non-hydrogen) atoms. The van der Waals surface area contributed by atoms with Gasteiger partial charge in [-0.2, -0.15) is 8.78 Å². The van der Waals surface area contributed by atoms with Crippen molar-refractivity contribution in [3.63, 3.8) is 0 Å². The van der Waals surface area contributed by atoms with Crippen molar-refractivity contribution in [3.8, 4) is 11.5 Å². The van der Waals surface area contributed by atoms with Crippen LogP contribution in [0.1, 0.15) is 11.7 Å². The summed E-state index contributed by atoms with van der Waals surface area (Å²) in [7, 11) is 1.45. The molecule has 1 unspecified atom stereocenters. The fourth-order valence-electron chi connectivity index (χ4n) is 1.78. The number of halogens is 2. The minimum atomic E-state index is -4.07. The molecule has 6 heteroatoms. The second kappa shape index (κ2) is 6.53. The lowest BCUT2D eigenvalue weighted by Gasteiger charge is -2.21. The predicted molar refractivity (Wildman–Crippen MR) is 75.0 cm³/mol. The van der Waals surface area contributed by atoms with Crippen LogP contribution in [0.3, 0.4) is 0 Å². The van der Waals surface area contributed by atoms with Gasteiger partial charge in [-0.15, -0.1) is 0 Å². The molecule has 0 spiro atoms. The maximum absolute atomic E-state index is 14.0. The van der Waals surface area contributed by atoms with Crippen molar-refractivity contribution in [2.24, 2.45) is 0 Å². The molecule has 0 aliphatic carbocycles. The standard InChI is InChI=1S/C16H14F2O4/c1-21-12-7-9-13(10-8-12)22-15(20)16(17,18)14(19)11-5-3-2-4-6-11/h2-10,14,19H,1H3. The van der Waals surface area contributed by atoms with Crippen LogP contribution >= 0.6 is 0 Å². The fraction of sp³-hybridized carbons (Fsp3) is 0.188. The zero-order chi connectivity index (χ0) is 16.2. The first kappa shape index (κ1) is 15.9. The van der Waals surface area contributed by atoms with Gasteiger partial charge in [0.25, 0.3) is 0 Å². The van der Waals surface area contributed by atoms with E-state index in [1.165, 1.54) is 55.6 Å². The summed E-state index contributed by atoms with van der Waals surface area (Å²) in [6.07, 6.45) is -2.28. The monoisotopic (exact) mass is 308 g/mol. The van der Waals surface area contributed by atoms with E-state index in [0.717, 1.165) is 0 Å². The lowest BCUT2D eigenvalue weighted by atomic mass is 10.0. The highest BCUT2D eigenvalue weighted by Gasteiger charge is 2.49. The predicted octanol–water partition coefficient (Wildman–Crippen LogP) is 2.97. The van der Waals surface area contributed by atoms with Gasteiger partial charge in [0.2, 0.25) is 0 Å². The molecule has 0 fully saturated rings. The minimum absolute atomic E-state index is 0.0641. The molecule has 0 heterocycles. The normalized spacial score (nSPS) is 12.5. The summed E-state index contributed by atoms with van der Waals surface area (Å²) in [4.78, 5) is 11.6. The molecule has 2 aromatic rings. The van der Waals surface area contributed by atoms with E-state index in [0.29, 0.717) is 5.75 Å². The van der Waals surface area contributed by atoms with Gasteiger partial charge in [0.1, 0.15) is 11.5 Å². The van der Waals surface area contributed by atoms with Crippen molar-refractivity contribution in [2.45, 2.75) is 12.0 Å². The van der Waals surface area contributed by atoms with Crippen LogP contribution in [0.2, 0.25) is 0 Å². The molecule has 0 aliphatic heterocycles. The molecular weight excluding hydrogens is 294 g/mol. The van der Waals surface area contributed by atoms with E-state index in [9.17, 15) is 18.7 Å². The second-order valence-corrected chi connectivity index (χ2v) is 4.50. The van der Waals surface area contributed by atoms with Gasteiger partial charge >= 0.3 is 11.9 Å². The molecule has 0 saturated heterocycles. The molecule has 1 atom stereocenters. The van der Waals surface area contributed by atoms with Gasteiger partial charge in [0.15, 0.2) is 6.10 Å². The first-order valence-electron chi connectivity index (χ1n) is 6.42. The van der Waals surface area contributed by atoms with E-state index in [4.69, 9.17) is 4.74 Å². The maximum Gasteiger partial charge on any atom is 0.385 e. The van der Waals surface area contributed by atoms with E-state index in [2.05, 4.69) is 4.74 Å². The van der Waals surface area contributed by atoms with Crippen molar-refractivity contribution < 1.29 is 28.2 Å². The summed E-state index contributed by atoms with van der Waals surface area (Å²) in [5.41, 5.74) is -0.0702. The van der Waals surface area contributed by atoms with Crippen molar-refractivity contribution in [2.75, 3.05) is 7.11 Å². The van der Waals surface area contributed by atoms with E-state index in [-0.39, 0.29) is 11.3 Å². The number of alkyl halides is 2. The third-order valence-electron chi connectivity index (χ3n) is 3.00. The molecule has 0 amide bonds. The largest absolute Gasteiger partial charge is 0.497 e. The molecule has 116 valence electrons. The third-order valence-corrected chi connectivity index (χ3v) is 3.00. The summed E-state index contributed by atoms with van der Waals surface area (Å²) in [6, 6.07) is 12.8. The highest BCUT2D eigenvalue weighted by atomic mass is 19.3. The average molecular weight is 308 g/mol. The zero-order valence-corrected chi connectivity index (χ0v) is 11.7. The van der Waals surface area contributed by atoms with Crippen LogP contribution in [0.15, 0.2) is 54.6 Å². The summed E-state index contributed by atoms with van der Waals surface area (Å²) in [6.45, 7) is 0. The number of rotatable bonds is 5. The van der Waals surface area contributed by atoms with Crippen LogP contribution in [0.4, 0.5) is 8.78 Å². The molecule has 0 aromatic heterocycles. The van der Waals surface area contributed by atoms with Crippen LogP contribution in [0, 0.1) is 0 Å². The molecule has 0 aliphatic rings. The number of esters is 1. The highest BCUT2D eigenvalue weighted by Crippen LogP contribution is 2.33. The Morgan fingerprint density at radius 3 is 2.14 bits per heavy atom. The molecule has 2 rings (SSSR count). The van der Waals surface area contributed by atoms with Gasteiger partial charge in [-0.25, -0.2) is 4.79 Å².